The molecule has 1 fully saturated rings. The Morgan fingerprint density at radius 1 is 1.24 bits per heavy atom. The molecular formula is C20H17ClFN5O2. The lowest BCUT2D eigenvalue weighted by atomic mass is 10.1. The molecule has 1 aliphatic carbocycles. The predicted octanol–water partition coefficient (Wildman–Crippen LogP) is 3.98. The standard InChI is InChI=1S/C20H17ClFN5O2/c1-29-18-14(19-23-9-11(22)10-24-19)3-2-4-15(18)25-13-7-16(27-17(21)8-13)20(28)26-12-5-6-12/h2-4,7-10,12H,5-6H2,1H3,(H,25,27)(H,26,28). The van der Waals surface area contributed by atoms with Crippen LogP contribution >= 0.6 is 11.6 Å². The zero-order valence-electron chi connectivity index (χ0n) is 15.4. The van der Waals surface area contributed by atoms with Gasteiger partial charge in [0.2, 0.25) is 0 Å². The van der Waals surface area contributed by atoms with Crippen LogP contribution in [0.4, 0.5) is 15.8 Å². The third kappa shape index (κ3) is 4.43. The zero-order valence-corrected chi connectivity index (χ0v) is 16.2. The van der Waals surface area contributed by atoms with Crippen LogP contribution in [0.3, 0.4) is 0 Å². The molecule has 4 rings (SSSR count). The van der Waals surface area contributed by atoms with E-state index in [-0.39, 0.29) is 22.8 Å². The molecule has 2 heterocycles. The fourth-order valence-electron chi connectivity index (χ4n) is 2.81. The van der Waals surface area contributed by atoms with Gasteiger partial charge in [0.1, 0.15) is 10.8 Å². The van der Waals surface area contributed by atoms with Crippen LogP contribution in [-0.4, -0.2) is 34.0 Å². The van der Waals surface area contributed by atoms with Gasteiger partial charge in [-0.2, -0.15) is 0 Å². The smallest absolute Gasteiger partial charge is 0.270 e. The number of amides is 1. The number of anilines is 2. The van der Waals surface area contributed by atoms with Gasteiger partial charge in [0.15, 0.2) is 17.4 Å². The minimum Gasteiger partial charge on any atom is -0.494 e. The van der Waals surface area contributed by atoms with E-state index < -0.39 is 5.82 Å². The first-order valence-electron chi connectivity index (χ1n) is 8.94. The monoisotopic (exact) mass is 413 g/mol. The van der Waals surface area contributed by atoms with Gasteiger partial charge in [-0.05, 0) is 37.1 Å². The summed E-state index contributed by atoms with van der Waals surface area (Å²) in [7, 11) is 1.52. The highest BCUT2D eigenvalue weighted by atomic mass is 35.5. The number of nitrogens with zero attached hydrogens (tertiary/aromatic N) is 3. The van der Waals surface area contributed by atoms with Crippen LogP contribution in [0.5, 0.6) is 5.75 Å². The van der Waals surface area contributed by atoms with Gasteiger partial charge in [-0.15, -0.1) is 0 Å². The molecular weight excluding hydrogens is 397 g/mol. The number of hydrogen-bond donors (Lipinski definition) is 2. The van der Waals surface area contributed by atoms with Gasteiger partial charge in [-0.3, -0.25) is 4.79 Å². The van der Waals surface area contributed by atoms with Crippen LogP contribution < -0.4 is 15.4 Å². The molecule has 2 aromatic heterocycles. The van der Waals surface area contributed by atoms with E-state index in [2.05, 4.69) is 25.6 Å². The number of aromatic nitrogens is 3. The van der Waals surface area contributed by atoms with E-state index in [4.69, 9.17) is 16.3 Å². The molecule has 0 aliphatic heterocycles. The van der Waals surface area contributed by atoms with Crippen LogP contribution in [0.1, 0.15) is 23.3 Å². The molecule has 0 atom stereocenters. The number of hydrogen-bond acceptors (Lipinski definition) is 6. The Kier molecular flexibility index (Phi) is 5.26. The third-order valence-corrected chi connectivity index (χ3v) is 4.49. The number of carbonyl (C=O) groups is 1. The van der Waals surface area contributed by atoms with Crippen molar-refractivity contribution in [1.82, 2.24) is 20.3 Å². The molecule has 0 saturated heterocycles. The molecule has 1 saturated carbocycles. The molecule has 0 radical (unpaired) electrons. The average molecular weight is 414 g/mol. The highest BCUT2D eigenvalue weighted by molar-refractivity contribution is 6.29. The molecule has 148 valence electrons. The van der Waals surface area contributed by atoms with Crippen molar-refractivity contribution < 1.29 is 13.9 Å². The first-order valence-corrected chi connectivity index (χ1v) is 9.31. The Morgan fingerprint density at radius 3 is 2.69 bits per heavy atom. The number of para-hydroxylation sites is 1. The van der Waals surface area contributed by atoms with Crippen molar-refractivity contribution in [3.05, 3.63) is 59.4 Å². The van der Waals surface area contributed by atoms with Gasteiger partial charge in [0.25, 0.3) is 5.91 Å². The Labute approximate surface area is 171 Å². The minimum atomic E-state index is -0.523. The van der Waals surface area contributed by atoms with Gasteiger partial charge in [0, 0.05) is 11.7 Å². The number of halogens is 2. The molecule has 0 spiro atoms. The van der Waals surface area contributed by atoms with E-state index in [0.29, 0.717) is 28.5 Å². The van der Waals surface area contributed by atoms with Crippen LogP contribution in [0.25, 0.3) is 11.4 Å². The summed E-state index contributed by atoms with van der Waals surface area (Å²) in [5, 5.41) is 6.27. The quantitative estimate of drug-likeness (QED) is 0.594. The Bertz CT molecular complexity index is 1060. The first-order chi connectivity index (χ1) is 14.0. The molecule has 1 amide bonds. The SMILES string of the molecule is COc1c(Nc2cc(Cl)nc(C(=O)NC3CC3)c2)cccc1-c1ncc(F)cn1. The lowest BCUT2D eigenvalue weighted by molar-refractivity contribution is 0.0946. The van der Waals surface area contributed by atoms with Gasteiger partial charge >= 0.3 is 0 Å². The highest BCUT2D eigenvalue weighted by Crippen LogP contribution is 2.36. The summed E-state index contributed by atoms with van der Waals surface area (Å²) in [6, 6.07) is 8.79. The second-order valence-electron chi connectivity index (χ2n) is 6.55. The number of methoxy groups -OCH3 is 1. The van der Waals surface area contributed by atoms with Crippen molar-refractivity contribution in [2.45, 2.75) is 18.9 Å². The maximum absolute atomic E-state index is 13.2. The van der Waals surface area contributed by atoms with Crippen molar-refractivity contribution >= 4 is 28.9 Å². The van der Waals surface area contributed by atoms with Crippen LogP contribution in [0.15, 0.2) is 42.7 Å². The highest BCUT2D eigenvalue weighted by Gasteiger charge is 2.24. The topological polar surface area (TPSA) is 89.0 Å². The molecule has 2 N–H and O–H groups in total. The fraction of sp³-hybridized carbons (Fsp3) is 0.200. The first kappa shape index (κ1) is 19.1. The van der Waals surface area contributed by atoms with Crippen molar-refractivity contribution in [2.24, 2.45) is 0 Å². The Balaban J connectivity index is 1.65. The molecule has 9 heteroatoms. The minimum absolute atomic E-state index is 0.188. The summed E-state index contributed by atoms with van der Waals surface area (Å²) >= 11 is 6.11. The van der Waals surface area contributed by atoms with Gasteiger partial charge < -0.3 is 15.4 Å². The lowest BCUT2D eigenvalue weighted by Crippen LogP contribution is -2.26. The van der Waals surface area contributed by atoms with Gasteiger partial charge in [-0.25, -0.2) is 19.3 Å². The van der Waals surface area contributed by atoms with E-state index in [1.807, 2.05) is 0 Å². The maximum Gasteiger partial charge on any atom is 0.270 e. The van der Waals surface area contributed by atoms with E-state index in [0.717, 1.165) is 25.2 Å². The molecule has 7 nitrogen and oxygen atoms in total. The van der Waals surface area contributed by atoms with Crippen molar-refractivity contribution in [1.29, 1.82) is 0 Å². The Morgan fingerprint density at radius 2 is 2.00 bits per heavy atom. The van der Waals surface area contributed by atoms with Crippen molar-refractivity contribution in [2.75, 3.05) is 12.4 Å². The van der Waals surface area contributed by atoms with Crippen molar-refractivity contribution in [3.8, 4) is 17.1 Å². The molecule has 0 bridgehead atoms. The molecule has 1 aromatic carbocycles. The predicted molar refractivity (Wildman–Crippen MR) is 107 cm³/mol. The Hall–Kier alpha value is -3.26. The largest absolute Gasteiger partial charge is 0.494 e. The van der Waals surface area contributed by atoms with Crippen LogP contribution in [0.2, 0.25) is 5.15 Å². The van der Waals surface area contributed by atoms with Crippen molar-refractivity contribution in [3.63, 3.8) is 0 Å². The molecule has 3 aromatic rings. The fourth-order valence-corrected chi connectivity index (χ4v) is 3.02. The lowest BCUT2D eigenvalue weighted by Gasteiger charge is -2.15. The van der Waals surface area contributed by atoms with Crippen LogP contribution in [-0.2, 0) is 0 Å². The third-order valence-electron chi connectivity index (χ3n) is 4.30. The van der Waals surface area contributed by atoms with E-state index >= 15 is 0 Å². The summed E-state index contributed by atoms with van der Waals surface area (Å²) < 4.78 is 18.7. The van der Waals surface area contributed by atoms with Gasteiger partial charge in [-0.1, -0.05) is 17.7 Å². The maximum atomic E-state index is 13.2. The summed E-state index contributed by atoms with van der Waals surface area (Å²) in [6.07, 6.45) is 4.14. The summed E-state index contributed by atoms with van der Waals surface area (Å²) in [5.74, 6) is 0.00379. The number of nitrogens with one attached hydrogen (secondary N) is 2. The number of benzene rings is 1. The van der Waals surface area contributed by atoms with Gasteiger partial charge in [0.05, 0.1) is 30.8 Å². The number of rotatable bonds is 6. The second kappa shape index (κ2) is 8.00. The zero-order chi connectivity index (χ0) is 20.4. The summed E-state index contributed by atoms with van der Waals surface area (Å²) in [4.78, 5) is 24.4. The summed E-state index contributed by atoms with van der Waals surface area (Å²) in [6.45, 7) is 0. The molecule has 29 heavy (non-hydrogen) atoms. The number of pyridine rings is 1. The molecule has 1 aliphatic rings. The normalized spacial score (nSPS) is 13.1. The van der Waals surface area contributed by atoms with E-state index in [1.54, 1.807) is 30.3 Å². The van der Waals surface area contributed by atoms with E-state index in [9.17, 15) is 9.18 Å². The van der Waals surface area contributed by atoms with Crippen LogP contribution in [0, 0.1) is 5.82 Å². The summed E-state index contributed by atoms with van der Waals surface area (Å²) in [5.41, 5.74) is 1.99. The second-order valence-corrected chi connectivity index (χ2v) is 6.94. The average Bonchev–Trinajstić information content (AvgIpc) is 3.52. The van der Waals surface area contributed by atoms with E-state index in [1.165, 1.54) is 7.11 Å². The number of ether oxygens (including phenoxy) is 1. The molecule has 0 unspecified atom stereocenters. The number of carbonyl (C=O) groups excluding carboxylic acids is 1.